The molecule has 11 heteroatoms. The summed E-state index contributed by atoms with van der Waals surface area (Å²) < 4.78 is 91.6. The van der Waals surface area contributed by atoms with Gasteiger partial charge < -0.3 is 9.67 Å². The fourth-order valence-electron chi connectivity index (χ4n) is 3.26. The van der Waals surface area contributed by atoms with Gasteiger partial charge in [0, 0.05) is 28.7 Å². The molecule has 5 nitrogen and oxygen atoms in total. The summed E-state index contributed by atoms with van der Waals surface area (Å²) >= 11 is 0. The second kappa shape index (κ2) is 7.18. The molecule has 0 amide bonds. The third-order valence-corrected chi connectivity index (χ3v) is 6.03. The minimum absolute atomic E-state index is 0.0224. The molecule has 0 aliphatic heterocycles. The third-order valence-electron chi connectivity index (χ3n) is 4.62. The van der Waals surface area contributed by atoms with E-state index in [1.807, 2.05) is 0 Å². The molecule has 1 aromatic heterocycles. The maximum atomic E-state index is 13.9. The number of hydrogen-bond donors (Lipinski definition) is 1. The van der Waals surface area contributed by atoms with E-state index in [1.165, 1.54) is 6.07 Å². The zero-order chi connectivity index (χ0) is 20.8. The van der Waals surface area contributed by atoms with Crippen molar-refractivity contribution < 1.29 is 35.5 Å². The molecule has 0 bridgehead atoms. The molecule has 2 aromatic rings. The van der Waals surface area contributed by atoms with Crippen molar-refractivity contribution in [2.45, 2.75) is 42.2 Å². The lowest BCUT2D eigenvalue weighted by Crippen LogP contribution is -2.24. The van der Waals surface area contributed by atoms with Crippen LogP contribution in [0.5, 0.6) is 0 Å². The predicted octanol–water partition coefficient (Wildman–Crippen LogP) is 3.60. The lowest BCUT2D eigenvalue weighted by Gasteiger charge is -2.24. The Morgan fingerprint density at radius 1 is 1.25 bits per heavy atom. The smallest absolute Gasteiger partial charge is 0.341 e. The van der Waals surface area contributed by atoms with Gasteiger partial charge in [-0.25, -0.2) is 21.6 Å². The van der Waals surface area contributed by atoms with E-state index in [0.29, 0.717) is 0 Å². The highest BCUT2D eigenvalue weighted by Crippen LogP contribution is 2.40. The molecule has 1 N–H and O–H groups in total. The minimum atomic E-state index is -5.18. The molecular weight excluding hydrogens is 407 g/mol. The molecule has 0 spiro atoms. The van der Waals surface area contributed by atoms with Crippen molar-refractivity contribution in [1.82, 2.24) is 4.57 Å². The van der Waals surface area contributed by atoms with Gasteiger partial charge >= 0.3 is 5.76 Å². The number of hydrogen-bond acceptors (Lipinski definition) is 4. The summed E-state index contributed by atoms with van der Waals surface area (Å²) in [5.74, 6) is -3.81. The molecule has 1 heterocycles. The number of halogens is 5. The number of sulfone groups is 1. The van der Waals surface area contributed by atoms with Crippen LogP contribution in [0.3, 0.4) is 0 Å². The Balaban J connectivity index is 2.29. The number of aromatic nitrogens is 1. The maximum Gasteiger partial charge on any atom is 0.341 e. The summed E-state index contributed by atoms with van der Waals surface area (Å²) in [6, 6.07) is 4.85. The van der Waals surface area contributed by atoms with Gasteiger partial charge in [0.1, 0.15) is 12.3 Å². The SMILES string of the molecule is N#Cc1ccc(-n2cc(S(=O)(=O)C(F)F)c3c2CC[C@@H](F)[C@H]3O)cc1C(F)F. The molecule has 28 heavy (non-hydrogen) atoms. The molecule has 1 aromatic carbocycles. The number of aliphatic hydroxyl groups excluding tert-OH is 1. The standard InChI is InChI=1S/C17H13F5N2O3S/c18-11-3-4-12-14(15(11)25)13(28(26,27)17(21)22)7-24(12)9-2-1-8(6-23)10(5-9)16(19)20/h1-2,5,7,11,15-17,25H,3-4H2/t11-,15-/m1/s1. The van der Waals surface area contributed by atoms with Crippen molar-refractivity contribution >= 4 is 9.84 Å². The second-order valence-corrected chi connectivity index (χ2v) is 8.10. The molecule has 0 radical (unpaired) electrons. The van der Waals surface area contributed by atoms with Gasteiger partial charge in [-0.05, 0) is 31.0 Å². The Morgan fingerprint density at radius 3 is 2.50 bits per heavy atom. The topological polar surface area (TPSA) is 83.1 Å². The molecule has 1 aliphatic carbocycles. The van der Waals surface area contributed by atoms with Gasteiger partial charge in [0.2, 0.25) is 9.84 Å². The van der Waals surface area contributed by atoms with E-state index in [-0.39, 0.29) is 29.8 Å². The van der Waals surface area contributed by atoms with Crippen LogP contribution in [0, 0.1) is 11.3 Å². The highest BCUT2D eigenvalue weighted by atomic mass is 32.2. The van der Waals surface area contributed by atoms with Crippen molar-refractivity contribution in [1.29, 1.82) is 5.26 Å². The van der Waals surface area contributed by atoms with Gasteiger partial charge in [0.05, 0.1) is 16.5 Å². The molecular formula is C17H13F5N2O3S. The van der Waals surface area contributed by atoms with Crippen LogP contribution in [0.2, 0.25) is 0 Å². The Hall–Kier alpha value is -2.45. The van der Waals surface area contributed by atoms with Crippen LogP contribution >= 0.6 is 0 Å². The summed E-state index contributed by atoms with van der Waals surface area (Å²) in [6.45, 7) is 0. The second-order valence-electron chi connectivity index (χ2n) is 6.21. The highest BCUT2D eigenvalue weighted by molar-refractivity contribution is 7.91. The first-order chi connectivity index (χ1) is 13.1. The quantitative estimate of drug-likeness (QED) is 0.767. The fraction of sp³-hybridized carbons (Fsp3) is 0.353. The number of rotatable bonds is 4. The average Bonchev–Trinajstić information content (AvgIpc) is 3.05. The van der Waals surface area contributed by atoms with Gasteiger partial charge in [0.25, 0.3) is 6.43 Å². The molecule has 3 rings (SSSR count). The van der Waals surface area contributed by atoms with Crippen LogP contribution < -0.4 is 0 Å². The van der Waals surface area contributed by atoms with Gasteiger partial charge in [-0.2, -0.15) is 14.0 Å². The molecule has 0 unspecified atom stereocenters. The fourth-order valence-corrected chi connectivity index (χ4v) is 4.25. The summed E-state index contributed by atoms with van der Waals surface area (Å²) in [6.07, 6.45) is -6.34. The van der Waals surface area contributed by atoms with E-state index in [9.17, 15) is 35.5 Å². The van der Waals surface area contributed by atoms with E-state index in [4.69, 9.17) is 5.26 Å². The zero-order valence-electron chi connectivity index (χ0n) is 14.0. The highest BCUT2D eigenvalue weighted by Gasteiger charge is 2.40. The van der Waals surface area contributed by atoms with Crippen LogP contribution in [0.15, 0.2) is 29.3 Å². The molecule has 0 saturated carbocycles. The molecule has 0 fully saturated rings. The zero-order valence-corrected chi connectivity index (χ0v) is 14.8. The monoisotopic (exact) mass is 420 g/mol. The van der Waals surface area contributed by atoms with Crippen molar-refractivity contribution in [3.8, 4) is 11.8 Å². The number of aliphatic hydroxyl groups is 1. The number of benzene rings is 1. The van der Waals surface area contributed by atoms with Crippen molar-refractivity contribution in [2.24, 2.45) is 0 Å². The van der Waals surface area contributed by atoms with E-state index >= 15 is 0 Å². The Bertz CT molecular complexity index is 1060. The van der Waals surface area contributed by atoms with Gasteiger partial charge in [-0.3, -0.25) is 0 Å². The van der Waals surface area contributed by atoms with Crippen LogP contribution in [-0.4, -0.2) is 30.0 Å². The minimum Gasteiger partial charge on any atom is -0.385 e. The largest absolute Gasteiger partial charge is 0.385 e. The number of alkyl halides is 5. The first-order valence-electron chi connectivity index (χ1n) is 8.00. The summed E-state index contributed by atoms with van der Waals surface area (Å²) in [5.41, 5.74) is -1.41. The van der Waals surface area contributed by atoms with E-state index in [1.54, 1.807) is 6.07 Å². The summed E-state index contributed by atoms with van der Waals surface area (Å²) in [7, 11) is -5.18. The maximum absolute atomic E-state index is 13.9. The average molecular weight is 420 g/mol. The Labute approximate surface area is 156 Å². The lowest BCUT2D eigenvalue weighted by atomic mass is 9.93. The molecule has 150 valence electrons. The lowest BCUT2D eigenvalue weighted by molar-refractivity contribution is 0.0616. The summed E-state index contributed by atoms with van der Waals surface area (Å²) in [4.78, 5) is -0.949. The normalized spacial score (nSPS) is 19.7. The van der Waals surface area contributed by atoms with Gasteiger partial charge in [-0.15, -0.1) is 0 Å². The van der Waals surface area contributed by atoms with Gasteiger partial charge in [0.15, 0.2) is 0 Å². The van der Waals surface area contributed by atoms with Crippen molar-refractivity contribution in [3.63, 3.8) is 0 Å². The Morgan fingerprint density at radius 2 is 1.93 bits per heavy atom. The summed E-state index contributed by atoms with van der Waals surface area (Å²) in [5, 5.41) is 19.0. The number of nitriles is 1. The molecule has 2 atom stereocenters. The van der Waals surface area contributed by atoms with Crippen LogP contribution in [-0.2, 0) is 16.3 Å². The first kappa shape index (κ1) is 20.3. The number of fused-ring (bicyclic) bond motifs is 1. The molecule has 1 aliphatic rings. The van der Waals surface area contributed by atoms with Crippen molar-refractivity contribution in [2.75, 3.05) is 0 Å². The number of nitrogens with zero attached hydrogens (tertiary/aromatic N) is 2. The van der Waals surface area contributed by atoms with Crippen LogP contribution in [0.1, 0.15) is 41.3 Å². The van der Waals surface area contributed by atoms with Crippen molar-refractivity contribution in [3.05, 3.63) is 46.8 Å². The van der Waals surface area contributed by atoms with Gasteiger partial charge in [-0.1, -0.05) is 0 Å². The van der Waals surface area contributed by atoms with Crippen LogP contribution in [0.4, 0.5) is 22.0 Å². The first-order valence-corrected chi connectivity index (χ1v) is 9.55. The third kappa shape index (κ3) is 3.16. The van der Waals surface area contributed by atoms with Crippen LogP contribution in [0.25, 0.3) is 5.69 Å². The predicted molar refractivity (Wildman–Crippen MR) is 86.8 cm³/mol. The Kier molecular flexibility index (Phi) is 5.20. The van der Waals surface area contributed by atoms with E-state index < -0.39 is 50.3 Å². The molecule has 0 saturated heterocycles. The van der Waals surface area contributed by atoms with E-state index in [2.05, 4.69) is 0 Å². The van der Waals surface area contributed by atoms with E-state index in [0.717, 1.165) is 22.9 Å².